The summed E-state index contributed by atoms with van der Waals surface area (Å²) in [5, 5.41) is 31.3. The molecule has 0 amide bonds. The van der Waals surface area contributed by atoms with Crippen molar-refractivity contribution in [3.05, 3.63) is 51.8 Å². The summed E-state index contributed by atoms with van der Waals surface area (Å²) in [4.78, 5) is 10.4. The van der Waals surface area contributed by atoms with Crippen LogP contribution in [0.15, 0.2) is 30.5 Å². The quantitative estimate of drug-likeness (QED) is 0.519. The van der Waals surface area contributed by atoms with E-state index in [2.05, 4.69) is 15.5 Å². The minimum absolute atomic E-state index is 0.000118. The highest BCUT2D eigenvalue weighted by atomic mass is 16.6. The number of nitrogens with one attached hydrogen (secondary N) is 2. The van der Waals surface area contributed by atoms with Crippen LogP contribution in [0.2, 0.25) is 0 Å². The molecule has 1 aromatic carbocycles. The Kier molecular flexibility index (Phi) is 5.07. The molecule has 0 aliphatic heterocycles. The van der Waals surface area contributed by atoms with Gasteiger partial charge in [-0.05, 0) is 24.5 Å². The Morgan fingerprint density at radius 3 is 3.17 bits per heavy atom. The van der Waals surface area contributed by atoms with Crippen LogP contribution in [-0.4, -0.2) is 45.5 Å². The Morgan fingerprint density at radius 1 is 1.50 bits per heavy atom. The van der Waals surface area contributed by atoms with Crippen molar-refractivity contribution in [2.75, 3.05) is 13.2 Å². The highest BCUT2D eigenvalue weighted by Crippen LogP contribution is 2.25. The Morgan fingerprint density at radius 2 is 2.33 bits per heavy atom. The first-order valence-corrected chi connectivity index (χ1v) is 7.92. The second kappa shape index (κ2) is 7.41. The van der Waals surface area contributed by atoms with Crippen molar-refractivity contribution < 1.29 is 14.8 Å². The van der Waals surface area contributed by atoms with E-state index in [-0.39, 0.29) is 24.1 Å². The third-order valence-corrected chi connectivity index (χ3v) is 4.16. The fraction of sp³-hybridized carbons (Fsp3) is 0.438. The van der Waals surface area contributed by atoms with Crippen LogP contribution in [-0.2, 0) is 12.8 Å². The van der Waals surface area contributed by atoms with Crippen molar-refractivity contribution in [2.24, 2.45) is 0 Å². The van der Waals surface area contributed by atoms with E-state index in [9.17, 15) is 15.2 Å². The van der Waals surface area contributed by atoms with Crippen LogP contribution < -0.4 is 10.1 Å². The number of para-hydroxylation sites is 2. The number of nitrogens with zero attached hydrogens (tertiary/aromatic N) is 2. The average molecular weight is 332 g/mol. The maximum Gasteiger partial charge on any atom is 0.310 e. The molecule has 24 heavy (non-hydrogen) atoms. The van der Waals surface area contributed by atoms with Gasteiger partial charge < -0.3 is 15.2 Å². The Balaban J connectivity index is 1.45. The number of hydrogen-bond donors (Lipinski definition) is 3. The van der Waals surface area contributed by atoms with Crippen molar-refractivity contribution >= 4 is 5.69 Å². The van der Waals surface area contributed by atoms with Crippen LogP contribution in [0.5, 0.6) is 5.75 Å². The highest BCUT2D eigenvalue weighted by molar-refractivity contribution is 5.45. The number of aromatic nitrogens is 2. The summed E-state index contributed by atoms with van der Waals surface area (Å²) in [6.45, 7) is 0.370. The number of ether oxygens (including phenoxy) is 1. The molecule has 3 rings (SSSR count). The molecule has 0 saturated heterocycles. The molecule has 1 aliphatic rings. The van der Waals surface area contributed by atoms with Gasteiger partial charge in [-0.25, -0.2) is 0 Å². The second-order valence-corrected chi connectivity index (χ2v) is 5.91. The highest BCUT2D eigenvalue weighted by Gasteiger charge is 2.21. The van der Waals surface area contributed by atoms with E-state index in [4.69, 9.17) is 4.74 Å². The number of aliphatic hydroxyl groups is 1. The van der Waals surface area contributed by atoms with E-state index in [1.54, 1.807) is 12.1 Å². The molecule has 1 aliphatic carbocycles. The number of aliphatic hydroxyl groups excluding tert-OH is 1. The monoisotopic (exact) mass is 332 g/mol. The number of hydrogen-bond acceptors (Lipinski definition) is 6. The maximum atomic E-state index is 10.9. The van der Waals surface area contributed by atoms with Gasteiger partial charge in [0.05, 0.1) is 11.1 Å². The largest absolute Gasteiger partial charge is 0.484 e. The lowest BCUT2D eigenvalue weighted by Gasteiger charge is -2.24. The molecule has 2 unspecified atom stereocenters. The number of nitro benzene ring substituents is 1. The number of nitro groups is 1. The van der Waals surface area contributed by atoms with Crippen LogP contribution in [0.25, 0.3) is 0 Å². The van der Waals surface area contributed by atoms with Gasteiger partial charge in [0.2, 0.25) is 0 Å². The molecule has 1 heterocycles. The van der Waals surface area contributed by atoms with Crippen LogP contribution >= 0.6 is 0 Å². The summed E-state index contributed by atoms with van der Waals surface area (Å²) in [6.07, 6.45) is 3.93. The van der Waals surface area contributed by atoms with Gasteiger partial charge in [0.1, 0.15) is 12.7 Å². The first kappa shape index (κ1) is 16.4. The van der Waals surface area contributed by atoms with Gasteiger partial charge in [-0.3, -0.25) is 15.2 Å². The molecule has 0 fully saturated rings. The first-order valence-electron chi connectivity index (χ1n) is 7.92. The second-order valence-electron chi connectivity index (χ2n) is 5.91. The van der Waals surface area contributed by atoms with Gasteiger partial charge in [0.25, 0.3) is 0 Å². The van der Waals surface area contributed by atoms with E-state index in [0.717, 1.165) is 25.0 Å². The van der Waals surface area contributed by atoms with Crippen molar-refractivity contribution in [1.29, 1.82) is 0 Å². The van der Waals surface area contributed by atoms with Crippen LogP contribution in [0.3, 0.4) is 0 Å². The summed E-state index contributed by atoms with van der Waals surface area (Å²) in [5.41, 5.74) is 2.30. The van der Waals surface area contributed by atoms with E-state index in [1.807, 2.05) is 6.20 Å². The van der Waals surface area contributed by atoms with Crippen LogP contribution in [0.1, 0.15) is 17.7 Å². The third kappa shape index (κ3) is 3.90. The standard InChI is InChI=1S/C16H20N4O4/c21-13(10-24-16-4-2-1-3-15(16)20(22)23)9-17-12-6-5-11-8-18-19-14(11)7-12/h1-4,8,12-13,17,21H,5-7,9-10H2,(H,18,19). The molecule has 128 valence electrons. The normalized spacial score (nSPS) is 18.0. The predicted octanol–water partition coefficient (Wildman–Crippen LogP) is 1.20. The minimum Gasteiger partial charge on any atom is -0.484 e. The Bertz CT molecular complexity index is 703. The summed E-state index contributed by atoms with van der Waals surface area (Å²) < 4.78 is 5.40. The molecular weight excluding hydrogens is 312 g/mol. The molecule has 2 atom stereocenters. The Labute approximate surface area is 139 Å². The number of fused-ring (bicyclic) bond motifs is 1. The molecule has 3 N–H and O–H groups in total. The number of rotatable bonds is 7. The summed E-state index contributed by atoms with van der Waals surface area (Å²) in [6, 6.07) is 6.43. The molecule has 8 heteroatoms. The number of aromatic amines is 1. The van der Waals surface area contributed by atoms with Crippen molar-refractivity contribution in [3.63, 3.8) is 0 Å². The first-order chi connectivity index (χ1) is 11.6. The van der Waals surface area contributed by atoms with E-state index in [0.29, 0.717) is 6.54 Å². The summed E-state index contributed by atoms with van der Waals surface area (Å²) >= 11 is 0. The molecule has 8 nitrogen and oxygen atoms in total. The van der Waals surface area contributed by atoms with Gasteiger partial charge in [-0.15, -0.1) is 0 Å². The molecule has 2 aromatic rings. The van der Waals surface area contributed by atoms with E-state index < -0.39 is 11.0 Å². The zero-order valence-electron chi connectivity index (χ0n) is 13.1. The number of benzene rings is 1. The van der Waals surface area contributed by atoms with Crippen molar-refractivity contribution in [2.45, 2.75) is 31.4 Å². The summed E-state index contributed by atoms with van der Waals surface area (Å²) in [7, 11) is 0. The average Bonchev–Trinajstić information content (AvgIpc) is 3.06. The fourth-order valence-electron chi connectivity index (χ4n) is 2.86. The van der Waals surface area contributed by atoms with Gasteiger partial charge in [0, 0.05) is 30.8 Å². The number of H-pyrrole nitrogens is 1. The maximum absolute atomic E-state index is 10.9. The number of aryl methyl sites for hydroxylation is 1. The third-order valence-electron chi connectivity index (χ3n) is 4.16. The van der Waals surface area contributed by atoms with Crippen LogP contribution in [0.4, 0.5) is 5.69 Å². The van der Waals surface area contributed by atoms with E-state index in [1.165, 1.54) is 17.7 Å². The summed E-state index contributed by atoms with van der Waals surface area (Å²) in [5.74, 6) is 0.168. The molecule has 0 radical (unpaired) electrons. The zero-order valence-corrected chi connectivity index (χ0v) is 13.1. The fourth-order valence-corrected chi connectivity index (χ4v) is 2.86. The lowest BCUT2D eigenvalue weighted by atomic mass is 9.94. The molecular formula is C16H20N4O4. The molecule has 0 saturated carbocycles. The lowest BCUT2D eigenvalue weighted by molar-refractivity contribution is -0.385. The Hall–Kier alpha value is -2.45. The van der Waals surface area contributed by atoms with Gasteiger partial charge in [0.15, 0.2) is 5.75 Å². The predicted molar refractivity (Wildman–Crippen MR) is 87.0 cm³/mol. The zero-order chi connectivity index (χ0) is 16.9. The van der Waals surface area contributed by atoms with Crippen LogP contribution in [0, 0.1) is 10.1 Å². The van der Waals surface area contributed by atoms with Crippen molar-refractivity contribution in [1.82, 2.24) is 15.5 Å². The SMILES string of the molecule is O=[N+]([O-])c1ccccc1OCC(O)CNC1CCc2cn[nH]c2C1. The smallest absolute Gasteiger partial charge is 0.310 e. The molecule has 0 bridgehead atoms. The van der Waals surface area contributed by atoms with Gasteiger partial charge >= 0.3 is 5.69 Å². The van der Waals surface area contributed by atoms with E-state index >= 15 is 0 Å². The minimum atomic E-state index is -0.743. The van der Waals surface area contributed by atoms with Gasteiger partial charge in [-0.2, -0.15) is 5.10 Å². The van der Waals surface area contributed by atoms with Gasteiger partial charge in [-0.1, -0.05) is 12.1 Å². The molecule has 1 aromatic heterocycles. The van der Waals surface area contributed by atoms with Crippen molar-refractivity contribution in [3.8, 4) is 5.75 Å². The molecule has 0 spiro atoms. The topological polar surface area (TPSA) is 113 Å². The lowest BCUT2D eigenvalue weighted by Crippen LogP contribution is -2.40.